The van der Waals surface area contributed by atoms with Crippen molar-refractivity contribution in [3.63, 3.8) is 0 Å². The second-order valence-electron chi connectivity index (χ2n) is 9.40. The molecule has 1 aromatic heterocycles. The molecule has 2 atom stereocenters. The standard InChI is InChI=1S/C20H24N6O5S/c1-21-32(30,31)16-4-2-15(3-5-16)23-17(27)19-7-13-6-14(8-19)10-20(9-13,11-19)25-12-22-18(24-25)26(28)29/h2-5,12-14,21H,6-11H2,1H3,(H,23,27)/t13-,14-,19?,20?/m0/s1. The topological polar surface area (TPSA) is 149 Å². The molecule has 170 valence electrons. The maximum absolute atomic E-state index is 13.5. The van der Waals surface area contributed by atoms with E-state index in [9.17, 15) is 23.3 Å². The first-order chi connectivity index (χ1) is 15.1. The number of sulfonamides is 1. The van der Waals surface area contributed by atoms with E-state index in [-0.39, 0.29) is 10.8 Å². The molecule has 32 heavy (non-hydrogen) atoms. The van der Waals surface area contributed by atoms with E-state index in [1.807, 2.05) is 0 Å². The number of nitrogens with one attached hydrogen (secondary N) is 2. The van der Waals surface area contributed by atoms with E-state index in [1.54, 1.807) is 16.8 Å². The second kappa shape index (κ2) is 7.07. The lowest BCUT2D eigenvalue weighted by atomic mass is 9.46. The van der Waals surface area contributed by atoms with Gasteiger partial charge in [0.05, 0.1) is 15.8 Å². The molecule has 12 heteroatoms. The average molecular weight is 461 g/mol. The highest BCUT2D eigenvalue weighted by atomic mass is 32.2. The molecule has 4 aliphatic carbocycles. The van der Waals surface area contributed by atoms with Crippen LogP contribution in [0.2, 0.25) is 0 Å². The van der Waals surface area contributed by atoms with Crippen LogP contribution in [0, 0.1) is 27.4 Å². The van der Waals surface area contributed by atoms with Crippen molar-refractivity contribution in [1.29, 1.82) is 0 Å². The molecule has 11 nitrogen and oxygen atoms in total. The van der Waals surface area contributed by atoms with Crippen LogP contribution in [-0.4, -0.2) is 41.1 Å². The van der Waals surface area contributed by atoms with Crippen molar-refractivity contribution >= 4 is 27.6 Å². The van der Waals surface area contributed by atoms with Crippen LogP contribution < -0.4 is 10.0 Å². The summed E-state index contributed by atoms with van der Waals surface area (Å²) in [6, 6.07) is 6.08. The van der Waals surface area contributed by atoms with Crippen molar-refractivity contribution in [2.75, 3.05) is 12.4 Å². The molecule has 0 unspecified atom stereocenters. The molecule has 0 saturated heterocycles. The van der Waals surface area contributed by atoms with Crippen molar-refractivity contribution in [3.05, 3.63) is 40.7 Å². The number of nitro groups is 1. The normalized spacial score (nSPS) is 30.9. The monoisotopic (exact) mass is 460 g/mol. The van der Waals surface area contributed by atoms with Gasteiger partial charge in [-0.15, -0.1) is 0 Å². The van der Waals surface area contributed by atoms with Gasteiger partial charge in [0, 0.05) is 10.8 Å². The van der Waals surface area contributed by atoms with E-state index in [1.165, 1.54) is 25.5 Å². The Morgan fingerprint density at radius 1 is 1.19 bits per heavy atom. The molecule has 4 saturated carbocycles. The Kier molecular flexibility index (Phi) is 4.64. The zero-order valence-electron chi connectivity index (χ0n) is 17.5. The smallest absolute Gasteiger partial charge is 0.390 e. The molecule has 4 aliphatic rings. The number of amides is 1. The third kappa shape index (κ3) is 3.28. The summed E-state index contributed by atoms with van der Waals surface area (Å²) < 4.78 is 27.7. The first kappa shape index (κ1) is 21.0. The molecule has 0 aliphatic heterocycles. The van der Waals surface area contributed by atoms with Gasteiger partial charge < -0.3 is 15.4 Å². The molecule has 4 bridgehead atoms. The third-order valence-electron chi connectivity index (χ3n) is 7.33. The molecule has 1 amide bonds. The highest BCUT2D eigenvalue weighted by molar-refractivity contribution is 7.89. The number of carbonyl (C=O) groups excluding carboxylic acids is 1. The van der Waals surface area contributed by atoms with E-state index in [0.29, 0.717) is 23.9 Å². The van der Waals surface area contributed by atoms with Crippen LogP contribution in [0.4, 0.5) is 11.6 Å². The molecular weight excluding hydrogens is 436 g/mol. The fourth-order valence-electron chi connectivity index (χ4n) is 6.41. The Morgan fingerprint density at radius 2 is 1.84 bits per heavy atom. The summed E-state index contributed by atoms with van der Waals surface area (Å²) in [6.45, 7) is 0. The first-order valence-electron chi connectivity index (χ1n) is 10.6. The quantitative estimate of drug-likeness (QED) is 0.495. The predicted octanol–water partition coefficient (Wildman–Crippen LogP) is 2.03. The van der Waals surface area contributed by atoms with Gasteiger partial charge in [0.1, 0.15) is 0 Å². The van der Waals surface area contributed by atoms with Gasteiger partial charge in [0.2, 0.25) is 22.3 Å². The van der Waals surface area contributed by atoms with Crippen molar-refractivity contribution in [1.82, 2.24) is 19.5 Å². The second-order valence-corrected chi connectivity index (χ2v) is 11.3. The lowest BCUT2D eigenvalue weighted by Gasteiger charge is -2.60. The number of carbonyl (C=O) groups is 1. The van der Waals surface area contributed by atoms with E-state index in [0.717, 1.165) is 32.1 Å². The van der Waals surface area contributed by atoms with E-state index < -0.39 is 31.8 Å². The summed E-state index contributed by atoms with van der Waals surface area (Å²) >= 11 is 0. The van der Waals surface area contributed by atoms with Crippen LogP contribution in [0.25, 0.3) is 0 Å². The van der Waals surface area contributed by atoms with Crippen LogP contribution in [0.1, 0.15) is 38.5 Å². The minimum Gasteiger partial charge on any atom is -0.390 e. The number of aromatic nitrogens is 3. The zero-order chi connectivity index (χ0) is 22.7. The lowest BCUT2D eigenvalue weighted by molar-refractivity contribution is -0.394. The first-order valence-corrected chi connectivity index (χ1v) is 12.0. The summed E-state index contributed by atoms with van der Waals surface area (Å²) in [5.41, 5.74) is -0.486. The summed E-state index contributed by atoms with van der Waals surface area (Å²) in [6.07, 6.45) is 6.29. The fraction of sp³-hybridized carbons (Fsp3) is 0.550. The predicted molar refractivity (Wildman–Crippen MR) is 113 cm³/mol. The number of hydrogen-bond acceptors (Lipinski definition) is 7. The third-order valence-corrected chi connectivity index (χ3v) is 8.76. The molecule has 1 heterocycles. The van der Waals surface area contributed by atoms with Crippen LogP contribution in [0.3, 0.4) is 0 Å². The Labute approximate surface area is 184 Å². The van der Waals surface area contributed by atoms with E-state index in [2.05, 4.69) is 20.1 Å². The Bertz CT molecular complexity index is 1180. The van der Waals surface area contributed by atoms with Gasteiger partial charge in [-0.25, -0.2) is 13.1 Å². The largest absolute Gasteiger partial charge is 0.490 e. The maximum Gasteiger partial charge on any atom is 0.490 e. The highest BCUT2D eigenvalue weighted by Crippen LogP contribution is 2.64. The van der Waals surface area contributed by atoms with Crippen LogP contribution in [-0.2, 0) is 20.4 Å². The number of hydrogen-bond donors (Lipinski definition) is 2. The molecule has 4 fully saturated rings. The van der Waals surface area contributed by atoms with Crippen molar-refractivity contribution < 1.29 is 18.1 Å². The van der Waals surface area contributed by atoms with E-state index in [4.69, 9.17) is 0 Å². The van der Waals surface area contributed by atoms with Gasteiger partial charge in [-0.1, -0.05) is 4.98 Å². The van der Waals surface area contributed by atoms with Crippen molar-refractivity contribution in [2.24, 2.45) is 17.3 Å². The molecular formula is C20H24N6O5S. The van der Waals surface area contributed by atoms with Crippen LogP contribution in [0.5, 0.6) is 0 Å². The van der Waals surface area contributed by atoms with Gasteiger partial charge in [0.15, 0.2) is 0 Å². The summed E-state index contributed by atoms with van der Waals surface area (Å²) in [5, 5.41) is 18.2. The minimum absolute atomic E-state index is 0.0881. The van der Waals surface area contributed by atoms with Crippen LogP contribution in [0.15, 0.2) is 35.5 Å². The number of rotatable bonds is 6. The Hall–Kier alpha value is -2.86. The van der Waals surface area contributed by atoms with Gasteiger partial charge >= 0.3 is 5.95 Å². The zero-order valence-corrected chi connectivity index (χ0v) is 18.3. The summed E-state index contributed by atoms with van der Waals surface area (Å²) in [4.78, 5) is 27.9. The fourth-order valence-corrected chi connectivity index (χ4v) is 7.14. The average Bonchev–Trinajstić information content (AvgIpc) is 3.25. The van der Waals surface area contributed by atoms with Gasteiger partial charge in [-0.3, -0.25) is 4.79 Å². The Balaban J connectivity index is 1.41. The molecule has 0 spiro atoms. The Morgan fingerprint density at radius 3 is 2.41 bits per heavy atom. The lowest BCUT2D eigenvalue weighted by Crippen LogP contribution is -2.60. The van der Waals surface area contributed by atoms with Gasteiger partial charge in [0.25, 0.3) is 0 Å². The number of nitrogens with zero attached hydrogens (tertiary/aromatic N) is 4. The molecule has 2 N–H and O–H groups in total. The van der Waals surface area contributed by atoms with Crippen LogP contribution >= 0.6 is 0 Å². The summed E-state index contributed by atoms with van der Waals surface area (Å²) in [7, 11) is -2.20. The van der Waals surface area contributed by atoms with Gasteiger partial charge in [-0.2, -0.15) is 4.68 Å². The molecule has 0 radical (unpaired) electrons. The number of anilines is 1. The maximum atomic E-state index is 13.5. The summed E-state index contributed by atoms with van der Waals surface area (Å²) in [5.74, 6) is 0.201. The molecule has 6 rings (SSSR count). The van der Waals surface area contributed by atoms with Crippen molar-refractivity contribution in [3.8, 4) is 0 Å². The SMILES string of the molecule is CNS(=O)(=O)c1ccc(NC(=O)C23C[C@@H]4C[C@@H](C2)CC(n2cnc([N+](=O)[O-])n2)(C4)C3)cc1. The van der Waals surface area contributed by atoms with Crippen molar-refractivity contribution in [2.45, 2.75) is 49.0 Å². The highest BCUT2D eigenvalue weighted by Gasteiger charge is 2.62. The minimum atomic E-state index is -3.55. The number of benzene rings is 1. The molecule has 2 aromatic rings. The molecule has 1 aromatic carbocycles. The van der Waals surface area contributed by atoms with Gasteiger partial charge in [-0.05, 0) is 86.6 Å². The van der Waals surface area contributed by atoms with E-state index >= 15 is 0 Å².